The van der Waals surface area contributed by atoms with Crippen LogP contribution in [0, 0.1) is 0 Å². The van der Waals surface area contributed by atoms with Crippen LogP contribution in [-0.2, 0) is 24.3 Å². The molecule has 0 saturated carbocycles. The molecule has 0 bridgehead atoms. The zero-order valence-electron chi connectivity index (χ0n) is 5.66. The van der Waals surface area contributed by atoms with Crippen molar-refractivity contribution in [3.05, 3.63) is 12.7 Å². The van der Waals surface area contributed by atoms with E-state index in [-0.39, 0.29) is 32.7 Å². The van der Waals surface area contributed by atoms with Gasteiger partial charge in [-0.1, -0.05) is 6.58 Å². The van der Waals surface area contributed by atoms with Crippen molar-refractivity contribution in [2.75, 3.05) is 13.2 Å². The van der Waals surface area contributed by atoms with Gasteiger partial charge in [0.2, 0.25) is 0 Å². The first-order valence-corrected chi connectivity index (χ1v) is 2.26. The summed E-state index contributed by atoms with van der Waals surface area (Å²) in [6, 6.07) is 0. The molecule has 4 nitrogen and oxygen atoms in total. The van der Waals surface area contributed by atoms with Crippen LogP contribution < -0.4 is 0 Å². The van der Waals surface area contributed by atoms with Gasteiger partial charge in [0.25, 0.3) is 0 Å². The van der Waals surface area contributed by atoms with Crippen molar-refractivity contribution in [2.24, 2.45) is 0 Å². The Bertz CT molecular complexity index is 81.7. The Kier molecular flexibility index (Phi) is 26.0. The van der Waals surface area contributed by atoms with Gasteiger partial charge in [-0.3, -0.25) is 0 Å². The zero-order chi connectivity index (χ0) is 7.70. The quantitative estimate of drug-likeness (QED) is 0.403. The summed E-state index contributed by atoms with van der Waals surface area (Å²) in [5, 5.41) is 22.9. The van der Waals surface area contributed by atoms with E-state index in [9.17, 15) is 4.79 Å². The van der Waals surface area contributed by atoms with Gasteiger partial charge >= 0.3 is 5.97 Å². The van der Waals surface area contributed by atoms with Crippen LogP contribution in [0.25, 0.3) is 0 Å². The van der Waals surface area contributed by atoms with Crippen molar-refractivity contribution in [3.8, 4) is 0 Å². The number of aliphatic carboxylic acids is 1. The number of hydrogen-bond acceptors (Lipinski definition) is 3. The second kappa shape index (κ2) is 15.9. The van der Waals surface area contributed by atoms with Gasteiger partial charge in [0.05, 0.1) is 13.2 Å². The van der Waals surface area contributed by atoms with E-state index in [0.29, 0.717) is 0 Å². The van der Waals surface area contributed by atoms with Crippen molar-refractivity contribution in [2.45, 2.75) is 0 Å². The van der Waals surface area contributed by atoms with Crippen molar-refractivity contribution < 1.29 is 39.6 Å². The molecule has 0 aromatic rings. The molecule has 5 heteroatoms. The molecule has 3 N–H and O–H groups in total. The fraction of sp³-hybridized carbons (Fsp3) is 0.400. The molecule has 0 aliphatic carbocycles. The maximum atomic E-state index is 9.25. The van der Waals surface area contributed by atoms with E-state index >= 15 is 0 Å². The smallest absolute Gasteiger partial charge is 0.327 e. The predicted octanol–water partition coefficient (Wildman–Crippen LogP) is -0.774. The van der Waals surface area contributed by atoms with Crippen LogP contribution >= 0.6 is 0 Å². The Morgan fingerprint density at radius 2 is 1.60 bits per heavy atom. The summed E-state index contributed by atoms with van der Waals surface area (Å²) in [6.07, 6.45) is 0.833. The number of carboxylic acids is 1. The van der Waals surface area contributed by atoms with E-state index in [4.69, 9.17) is 15.3 Å². The number of carboxylic acid groups (broad SMARTS) is 1. The van der Waals surface area contributed by atoms with E-state index in [1.165, 1.54) is 0 Å². The minimum Gasteiger partial charge on any atom is -0.478 e. The Morgan fingerprint density at radius 3 is 1.60 bits per heavy atom. The summed E-state index contributed by atoms with van der Waals surface area (Å²) in [5.74, 6) is -0.981. The van der Waals surface area contributed by atoms with Crippen molar-refractivity contribution in [3.63, 3.8) is 0 Å². The predicted molar refractivity (Wildman–Crippen MR) is 32.0 cm³/mol. The number of aliphatic hydroxyl groups excluding tert-OH is 2. The number of hydrogen-bond donors (Lipinski definition) is 3. The molecule has 0 fully saturated rings. The second-order valence-corrected chi connectivity index (χ2v) is 0.990. The molecule has 0 amide bonds. The number of carbonyl (C=O) groups is 1. The molecule has 0 rings (SSSR count). The Balaban J connectivity index is -0.0000000910. The molecule has 0 aromatic carbocycles. The van der Waals surface area contributed by atoms with Gasteiger partial charge in [-0.15, -0.1) is 0 Å². The van der Waals surface area contributed by atoms with Gasteiger partial charge in [0.15, 0.2) is 0 Å². The molecule has 0 heterocycles. The summed E-state index contributed by atoms with van der Waals surface area (Å²) < 4.78 is 0. The standard InChI is InChI=1S/C3H4O2.C2H6O2.Zn/c1-2-3(4)5;3-1-2-4;/h2H,1H2,(H,4,5);3-4H,1-2H2;. The van der Waals surface area contributed by atoms with E-state index < -0.39 is 5.97 Å². The van der Waals surface area contributed by atoms with Gasteiger partial charge < -0.3 is 15.3 Å². The van der Waals surface area contributed by atoms with E-state index in [1.807, 2.05) is 0 Å². The summed E-state index contributed by atoms with van der Waals surface area (Å²) >= 11 is 0. The molecule has 0 aliphatic rings. The van der Waals surface area contributed by atoms with Crippen LogP contribution in [0.3, 0.4) is 0 Å². The molecule has 56 valence electrons. The Labute approximate surface area is 71.9 Å². The maximum Gasteiger partial charge on any atom is 0.327 e. The van der Waals surface area contributed by atoms with Crippen molar-refractivity contribution in [1.29, 1.82) is 0 Å². The molecule has 0 unspecified atom stereocenters. The topological polar surface area (TPSA) is 77.8 Å². The molecule has 0 aliphatic heterocycles. The van der Waals surface area contributed by atoms with Gasteiger partial charge in [0.1, 0.15) is 0 Å². The first-order valence-electron chi connectivity index (χ1n) is 2.26. The van der Waals surface area contributed by atoms with E-state index in [2.05, 4.69) is 6.58 Å². The third-order valence-corrected chi connectivity index (χ3v) is 0.275. The number of rotatable bonds is 2. The minimum atomic E-state index is -0.981. The molecule has 0 atom stereocenters. The van der Waals surface area contributed by atoms with Crippen LogP contribution in [0.1, 0.15) is 0 Å². The normalized spacial score (nSPS) is 6.20. The van der Waals surface area contributed by atoms with Gasteiger partial charge in [-0.05, 0) is 0 Å². The van der Waals surface area contributed by atoms with Crippen LogP contribution in [-0.4, -0.2) is 34.5 Å². The van der Waals surface area contributed by atoms with Gasteiger partial charge in [0, 0.05) is 25.6 Å². The monoisotopic (exact) mass is 198 g/mol. The van der Waals surface area contributed by atoms with Gasteiger partial charge in [-0.25, -0.2) is 4.79 Å². The zero-order valence-corrected chi connectivity index (χ0v) is 8.62. The molecule has 10 heavy (non-hydrogen) atoms. The average Bonchev–Trinajstić information content (AvgIpc) is 1.89. The fourth-order valence-electron chi connectivity index (χ4n) is 0. The molecule has 0 aromatic heterocycles. The molecule has 0 radical (unpaired) electrons. The largest absolute Gasteiger partial charge is 0.478 e. The van der Waals surface area contributed by atoms with Crippen LogP contribution in [0.4, 0.5) is 0 Å². The van der Waals surface area contributed by atoms with E-state index in [1.54, 1.807) is 0 Å². The van der Waals surface area contributed by atoms with Crippen LogP contribution in [0.5, 0.6) is 0 Å². The first-order chi connectivity index (χ1) is 4.18. The third-order valence-electron chi connectivity index (χ3n) is 0.275. The summed E-state index contributed by atoms with van der Waals surface area (Å²) in [6.45, 7) is 2.71. The van der Waals surface area contributed by atoms with Crippen molar-refractivity contribution in [1.82, 2.24) is 0 Å². The Hall–Kier alpha value is -0.247. The average molecular weight is 200 g/mol. The van der Waals surface area contributed by atoms with Crippen LogP contribution in [0.2, 0.25) is 0 Å². The van der Waals surface area contributed by atoms with Crippen LogP contribution in [0.15, 0.2) is 12.7 Å². The SMILES string of the molecule is C=CC(=O)O.OCCO.[Zn]. The second-order valence-electron chi connectivity index (χ2n) is 0.990. The van der Waals surface area contributed by atoms with Crippen molar-refractivity contribution >= 4 is 5.97 Å². The number of aliphatic hydroxyl groups is 2. The summed E-state index contributed by atoms with van der Waals surface area (Å²) in [5.41, 5.74) is 0. The fourth-order valence-corrected chi connectivity index (χ4v) is 0. The Morgan fingerprint density at radius 1 is 1.40 bits per heavy atom. The van der Waals surface area contributed by atoms with Gasteiger partial charge in [-0.2, -0.15) is 0 Å². The minimum absolute atomic E-state index is 0. The molecular formula is C5H10O4Zn. The summed E-state index contributed by atoms with van der Waals surface area (Å²) in [4.78, 5) is 9.25. The molecule has 0 spiro atoms. The maximum absolute atomic E-state index is 9.25. The molecule has 0 saturated heterocycles. The first kappa shape index (κ1) is 16.4. The third kappa shape index (κ3) is 46.6. The van der Waals surface area contributed by atoms with E-state index in [0.717, 1.165) is 6.08 Å². The summed E-state index contributed by atoms with van der Waals surface area (Å²) in [7, 11) is 0. The molecular weight excluding hydrogens is 189 g/mol.